The third-order valence-electron chi connectivity index (χ3n) is 5.78. The summed E-state index contributed by atoms with van der Waals surface area (Å²) >= 11 is 0. The van der Waals surface area contributed by atoms with Gasteiger partial charge in [0.25, 0.3) is 0 Å². The second kappa shape index (κ2) is 10.4. The molecule has 4 heteroatoms. The molecule has 1 aliphatic rings. The molecule has 4 nitrogen and oxygen atoms in total. The number of aryl methyl sites for hydroxylation is 1. The van der Waals surface area contributed by atoms with Crippen molar-refractivity contribution in [2.75, 3.05) is 33.3 Å². The minimum Gasteiger partial charge on any atom is -0.497 e. The highest BCUT2D eigenvalue weighted by molar-refractivity contribution is 5.76. The van der Waals surface area contributed by atoms with Crippen LogP contribution in [0.15, 0.2) is 48.5 Å². The van der Waals surface area contributed by atoms with Crippen molar-refractivity contribution in [2.45, 2.75) is 45.6 Å². The first-order valence-corrected chi connectivity index (χ1v) is 10.8. The van der Waals surface area contributed by atoms with Crippen LogP contribution in [0.2, 0.25) is 0 Å². The van der Waals surface area contributed by atoms with E-state index in [-0.39, 0.29) is 5.91 Å². The molecule has 1 saturated heterocycles. The molecule has 2 aromatic rings. The van der Waals surface area contributed by atoms with Crippen molar-refractivity contribution in [2.24, 2.45) is 0 Å². The molecule has 2 aromatic carbocycles. The van der Waals surface area contributed by atoms with Gasteiger partial charge >= 0.3 is 0 Å². The van der Waals surface area contributed by atoms with Crippen LogP contribution in [-0.4, -0.2) is 49.0 Å². The normalized spacial score (nSPS) is 15.4. The van der Waals surface area contributed by atoms with Gasteiger partial charge in [-0.1, -0.05) is 50.2 Å². The van der Waals surface area contributed by atoms with Gasteiger partial charge in [-0.2, -0.15) is 0 Å². The Bertz CT molecular complexity index is 768. The summed E-state index contributed by atoms with van der Waals surface area (Å²) in [5, 5.41) is 0. The predicted molar refractivity (Wildman–Crippen MR) is 118 cm³/mol. The molecular weight excluding hydrogens is 360 g/mol. The van der Waals surface area contributed by atoms with E-state index in [2.05, 4.69) is 60.0 Å². The maximum Gasteiger partial charge on any atom is 0.222 e. The number of hydrogen-bond acceptors (Lipinski definition) is 3. The highest BCUT2D eigenvalue weighted by Gasteiger charge is 2.19. The molecule has 0 aromatic heterocycles. The topological polar surface area (TPSA) is 32.8 Å². The molecule has 1 amide bonds. The van der Waals surface area contributed by atoms with Crippen molar-refractivity contribution in [1.82, 2.24) is 9.80 Å². The number of carbonyl (C=O) groups is 1. The van der Waals surface area contributed by atoms with Crippen molar-refractivity contribution in [3.05, 3.63) is 65.2 Å². The smallest absolute Gasteiger partial charge is 0.222 e. The van der Waals surface area contributed by atoms with Gasteiger partial charge in [0.2, 0.25) is 5.91 Å². The zero-order chi connectivity index (χ0) is 20.6. The van der Waals surface area contributed by atoms with E-state index in [9.17, 15) is 4.79 Å². The van der Waals surface area contributed by atoms with Crippen LogP contribution < -0.4 is 4.74 Å². The van der Waals surface area contributed by atoms with E-state index in [0.717, 1.165) is 51.3 Å². The first kappa shape index (κ1) is 21.4. The standard InChI is InChI=1S/C25H34N2O2/c1-20(2)23-10-5-21(6-11-23)9-14-25(28)27-16-4-15-26(17-18-27)19-22-7-12-24(29-3)13-8-22/h5-8,10-13,20H,4,9,14-19H2,1-3H3. The van der Waals surface area contributed by atoms with E-state index < -0.39 is 0 Å². The van der Waals surface area contributed by atoms with Crippen molar-refractivity contribution in [3.63, 3.8) is 0 Å². The van der Waals surface area contributed by atoms with Gasteiger partial charge in [-0.15, -0.1) is 0 Å². The molecule has 0 aliphatic carbocycles. The van der Waals surface area contributed by atoms with Crippen LogP contribution in [-0.2, 0) is 17.8 Å². The lowest BCUT2D eigenvalue weighted by atomic mass is 10.0. The average molecular weight is 395 g/mol. The molecule has 0 bridgehead atoms. The van der Waals surface area contributed by atoms with Gasteiger partial charge in [0, 0.05) is 39.1 Å². The first-order valence-electron chi connectivity index (χ1n) is 10.8. The fourth-order valence-corrected chi connectivity index (χ4v) is 3.85. The fraction of sp³-hybridized carbons (Fsp3) is 0.480. The van der Waals surface area contributed by atoms with Crippen LogP contribution in [0.25, 0.3) is 0 Å². The largest absolute Gasteiger partial charge is 0.497 e. The van der Waals surface area contributed by atoms with Gasteiger partial charge in [-0.05, 0) is 47.6 Å². The van der Waals surface area contributed by atoms with E-state index in [1.54, 1.807) is 7.11 Å². The Morgan fingerprint density at radius 2 is 1.62 bits per heavy atom. The Morgan fingerprint density at radius 3 is 2.28 bits per heavy atom. The molecule has 0 unspecified atom stereocenters. The monoisotopic (exact) mass is 394 g/mol. The van der Waals surface area contributed by atoms with Gasteiger partial charge in [0.15, 0.2) is 0 Å². The summed E-state index contributed by atoms with van der Waals surface area (Å²) in [6.07, 6.45) is 2.45. The fourth-order valence-electron chi connectivity index (χ4n) is 3.85. The predicted octanol–water partition coefficient (Wildman–Crippen LogP) is 4.49. The van der Waals surface area contributed by atoms with E-state index >= 15 is 0 Å². The molecule has 0 atom stereocenters. The van der Waals surface area contributed by atoms with Gasteiger partial charge in [-0.25, -0.2) is 0 Å². The van der Waals surface area contributed by atoms with E-state index in [0.29, 0.717) is 12.3 Å². The zero-order valence-corrected chi connectivity index (χ0v) is 18.1. The molecule has 0 radical (unpaired) electrons. The highest BCUT2D eigenvalue weighted by Crippen LogP contribution is 2.17. The number of rotatable bonds is 7. The summed E-state index contributed by atoms with van der Waals surface area (Å²) in [6.45, 7) is 8.98. The Labute approximate surface area is 175 Å². The number of benzene rings is 2. The van der Waals surface area contributed by atoms with Gasteiger partial charge in [0.05, 0.1) is 7.11 Å². The Hall–Kier alpha value is -2.33. The number of methoxy groups -OCH3 is 1. The Kier molecular flexibility index (Phi) is 7.70. The van der Waals surface area contributed by atoms with Crippen LogP contribution in [0.5, 0.6) is 5.75 Å². The van der Waals surface area contributed by atoms with E-state index in [1.165, 1.54) is 16.7 Å². The summed E-state index contributed by atoms with van der Waals surface area (Å²) in [5.41, 5.74) is 3.89. The molecule has 0 spiro atoms. The van der Waals surface area contributed by atoms with Crippen LogP contribution >= 0.6 is 0 Å². The van der Waals surface area contributed by atoms with Crippen molar-refractivity contribution < 1.29 is 9.53 Å². The Balaban J connectivity index is 1.46. The van der Waals surface area contributed by atoms with Crippen molar-refractivity contribution in [1.29, 1.82) is 0 Å². The molecule has 156 valence electrons. The molecule has 3 rings (SSSR count). The molecule has 0 N–H and O–H groups in total. The summed E-state index contributed by atoms with van der Waals surface area (Å²) < 4.78 is 5.23. The van der Waals surface area contributed by atoms with Gasteiger partial charge in [-0.3, -0.25) is 9.69 Å². The number of carbonyl (C=O) groups excluding carboxylic acids is 1. The molecular formula is C25H34N2O2. The zero-order valence-electron chi connectivity index (χ0n) is 18.1. The minimum absolute atomic E-state index is 0.282. The minimum atomic E-state index is 0.282. The van der Waals surface area contributed by atoms with E-state index in [1.807, 2.05) is 12.1 Å². The first-order chi connectivity index (χ1) is 14.0. The van der Waals surface area contributed by atoms with Crippen LogP contribution in [0.4, 0.5) is 0 Å². The second-order valence-corrected chi connectivity index (χ2v) is 8.25. The number of nitrogens with zero attached hydrogens (tertiary/aromatic N) is 2. The number of amides is 1. The second-order valence-electron chi connectivity index (χ2n) is 8.25. The molecule has 1 aliphatic heterocycles. The SMILES string of the molecule is COc1ccc(CN2CCCN(C(=O)CCc3ccc(C(C)C)cc3)CC2)cc1. The maximum atomic E-state index is 12.7. The third-order valence-corrected chi connectivity index (χ3v) is 5.78. The third kappa shape index (κ3) is 6.33. The van der Waals surface area contributed by atoms with Crippen LogP contribution in [0.3, 0.4) is 0 Å². The number of ether oxygens (including phenoxy) is 1. The maximum absolute atomic E-state index is 12.7. The number of hydrogen-bond donors (Lipinski definition) is 0. The van der Waals surface area contributed by atoms with Gasteiger partial charge in [0.1, 0.15) is 5.75 Å². The summed E-state index contributed by atoms with van der Waals surface area (Å²) in [4.78, 5) is 17.2. The summed E-state index contributed by atoms with van der Waals surface area (Å²) in [6, 6.07) is 17.0. The van der Waals surface area contributed by atoms with Gasteiger partial charge < -0.3 is 9.64 Å². The quantitative estimate of drug-likeness (QED) is 0.694. The van der Waals surface area contributed by atoms with Crippen molar-refractivity contribution in [3.8, 4) is 5.75 Å². The summed E-state index contributed by atoms with van der Waals surface area (Å²) in [7, 11) is 1.69. The molecule has 29 heavy (non-hydrogen) atoms. The van der Waals surface area contributed by atoms with Crippen LogP contribution in [0.1, 0.15) is 49.3 Å². The van der Waals surface area contributed by atoms with E-state index in [4.69, 9.17) is 4.74 Å². The molecule has 1 fully saturated rings. The van der Waals surface area contributed by atoms with Crippen molar-refractivity contribution >= 4 is 5.91 Å². The highest BCUT2D eigenvalue weighted by atomic mass is 16.5. The van der Waals surface area contributed by atoms with Crippen LogP contribution in [0, 0.1) is 0 Å². The Morgan fingerprint density at radius 1 is 0.931 bits per heavy atom. The molecule has 0 saturated carbocycles. The lowest BCUT2D eigenvalue weighted by Crippen LogP contribution is -2.35. The lowest BCUT2D eigenvalue weighted by Gasteiger charge is -2.22. The average Bonchev–Trinajstić information content (AvgIpc) is 2.98. The molecule has 1 heterocycles. The lowest BCUT2D eigenvalue weighted by molar-refractivity contribution is -0.131. The summed E-state index contributed by atoms with van der Waals surface area (Å²) in [5.74, 6) is 1.72.